The largest absolute Gasteiger partial charge is 0.367 e. The molecule has 22 heavy (non-hydrogen) atoms. The highest BCUT2D eigenvalue weighted by molar-refractivity contribution is 5.89. The minimum absolute atomic E-state index is 0.444. The van der Waals surface area contributed by atoms with Gasteiger partial charge in [-0.1, -0.05) is 0 Å². The van der Waals surface area contributed by atoms with Gasteiger partial charge in [0.05, 0.1) is 17.1 Å². The molecule has 0 atom stereocenters. The first-order chi connectivity index (χ1) is 10.7. The highest BCUT2D eigenvalue weighted by Crippen LogP contribution is 2.27. The van der Waals surface area contributed by atoms with Crippen LogP contribution in [0.5, 0.6) is 0 Å². The molecule has 5 nitrogen and oxygen atoms in total. The number of nitrogens with zero attached hydrogens (tertiary/aromatic N) is 4. The van der Waals surface area contributed by atoms with Crippen molar-refractivity contribution in [3.63, 3.8) is 0 Å². The Morgan fingerprint density at radius 1 is 1.18 bits per heavy atom. The fraction of sp³-hybridized carbons (Fsp3) is 0.471. The summed E-state index contributed by atoms with van der Waals surface area (Å²) < 4.78 is 0. The summed E-state index contributed by atoms with van der Waals surface area (Å²) >= 11 is 0. The Morgan fingerprint density at radius 2 is 1.95 bits per heavy atom. The summed E-state index contributed by atoms with van der Waals surface area (Å²) in [6.45, 7) is 0. The van der Waals surface area contributed by atoms with E-state index in [9.17, 15) is 0 Å². The van der Waals surface area contributed by atoms with Crippen molar-refractivity contribution in [1.29, 1.82) is 5.26 Å². The summed E-state index contributed by atoms with van der Waals surface area (Å²) in [7, 11) is 4.31. The average Bonchev–Trinajstić information content (AvgIpc) is 2.55. The summed E-state index contributed by atoms with van der Waals surface area (Å²) in [4.78, 5) is 11.0. The van der Waals surface area contributed by atoms with Crippen molar-refractivity contribution < 1.29 is 0 Å². The van der Waals surface area contributed by atoms with Crippen LogP contribution < -0.4 is 5.32 Å². The topological polar surface area (TPSA) is 64.8 Å². The van der Waals surface area contributed by atoms with E-state index < -0.39 is 0 Å². The smallest absolute Gasteiger partial charge is 0.137 e. The molecule has 0 radical (unpaired) electrons. The number of nitrogens with one attached hydrogen (secondary N) is 1. The van der Waals surface area contributed by atoms with E-state index in [2.05, 4.69) is 40.3 Å². The Labute approximate surface area is 131 Å². The van der Waals surface area contributed by atoms with Crippen molar-refractivity contribution in [2.45, 2.75) is 37.8 Å². The average molecular weight is 295 g/mol. The third kappa shape index (κ3) is 3.02. The monoisotopic (exact) mass is 295 g/mol. The number of hydrogen-bond donors (Lipinski definition) is 1. The van der Waals surface area contributed by atoms with Crippen LogP contribution in [-0.2, 0) is 0 Å². The Bertz CT molecular complexity index is 696. The molecule has 0 amide bonds. The molecule has 1 aliphatic carbocycles. The molecule has 1 N–H and O–H groups in total. The van der Waals surface area contributed by atoms with Crippen LogP contribution in [0.2, 0.25) is 0 Å². The second-order valence-electron chi connectivity index (χ2n) is 6.18. The van der Waals surface area contributed by atoms with Crippen LogP contribution in [-0.4, -0.2) is 41.0 Å². The quantitative estimate of drug-likeness (QED) is 0.943. The van der Waals surface area contributed by atoms with E-state index >= 15 is 0 Å². The highest BCUT2D eigenvalue weighted by atomic mass is 15.1. The van der Waals surface area contributed by atoms with Gasteiger partial charge in [0.15, 0.2) is 0 Å². The second-order valence-corrected chi connectivity index (χ2v) is 6.18. The van der Waals surface area contributed by atoms with Crippen LogP contribution in [0.1, 0.15) is 31.2 Å². The van der Waals surface area contributed by atoms with Crippen LogP contribution in [0.3, 0.4) is 0 Å². The van der Waals surface area contributed by atoms with Gasteiger partial charge in [-0.05, 0) is 58.0 Å². The summed E-state index contributed by atoms with van der Waals surface area (Å²) in [6.07, 6.45) is 6.29. The van der Waals surface area contributed by atoms with Crippen LogP contribution in [0, 0.1) is 11.3 Å². The molecule has 1 aromatic heterocycles. The van der Waals surface area contributed by atoms with Crippen molar-refractivity contribution in [2.75, 3.05) is 19.4 Å². The van der Waals surface area contributed by atoms with E-state index in [4.69, 9.17) is 5.26 Å². The van der Waals surface area contributed by atoms with E-state index in [-0.39, 0.29) is 0 Å². The minimum Gasteiger partial charge on any atom is -0.367 e. The van der Waals surface area contributed by atoms with Gasteiger partial charge in [-0.3, -0.25) is 0 Å². The summed E-state index contributed by atoms with van der Waals surface area (Å²) in [5, 5.41) is 13.6. The summed E-state index contributed by atoms with van der Waals surface area (Å²) in [6, 6.07) is 8.85. The molecule has 0 spiro atoms. The first-order valence-corrected chi connectivity index (χ1v) is 7.75. The number of benzene rings is 1. The van der Waals surface area contributed by atoms with Gasteiger partial charge in [-0.25, -0.2) is 9.97 Å². The summed E-state index contributed by atoms with van der Waals surface area (Å²) in [5.41, 5.74) is 1.51. The zero-order valence-electron chi connectivity index (χ0n) is 13.1. The standard InChI is InChI=1S/C17H21N5/c1-22(2)14-6-4-13(5-7-14)21-17-15-9-12(10-18)3-8-16(15)19-11-20-17/h3,8-9,11,13-14H,4-7H2,1-2H3,(H,19,20,21)/t13-,14-. The minimum atomic E-state index is 0.444. The molecule has 1 aromatic carbocycles. The van der Waals surface area contributed by atoms with Gasteiger partial charge in [0.25, 0.3) is 0 Å². The van der Waals surface area contributed by atoms with Crippen molar-refractivity contribution >= 4 is 16.7 Å². The molecular formula is C17H21N5. The lowest BCUT2D eigenvalue weighted by Gasteiger charge is -2.33. The van der Waals surface area contributed by atoms with Gasteiger partial charge >= 0.3 is 0 Å². The maximum Gasteiger partial charge on any atom is 0.137 e. The molecule has 0 unspecified atom stereocenters. The molecule has 1 fully saturated rings. The second kappa shape index (κ2) is 6.29. The molecule has 0 aliphatic heterocycles. The van der Waals surface area contributed by atoms with Crippen LogP contribution in [0.25, 0.3) is 10.9 Å². The number of fused-ring (bicyclic) bond motifs is 1. The lowest BCUT2D eigenvalue weighted by molar-refractivity contribution is 0.221. The Balaban J connectivity index is 1.78. The number of aromatic nitrogens is 2. The maximum absolute atomic E-state index is 9.07. The van der Waals surface area contributed by atoms with Gasteiger partial charge in [-0.15, -0.1) is 0 Å². The third-order valence-corrected chi connectivity index (χ3v) is 4.53. The summed E-state index contributed by atoms with van der Waals surface area (Å²) in [5.74, 6) is 0.843. The van der Waals surface area contributed by atoms with Crippen LogP contribution in [0.15, 0.2) is 24.5 Å². The zero-order chi connectivity index (χ0) is 15.5. The molecule has 0 bridgehead atoms. The normalized spacial score (nSPS) is 21.7. The predicted octanol–water partition coefficient (Wildman–Crippen LogP) is 2.79. The van der Waals surface area contributed by atoms with E-state index in [1.165, 1.54) is 12.8 Å². The number of hydrogen-bond acceptors (Lipinski definition) is 5. The molecule has 5 heteroatoms. The maximum atomic E-state index is 9.07. The molecule has 114 valence electrons. The van der Waals surface area contributed by atoms with Crippen molar-refractivity contribution in [1.82, 2.24) is 14.9 Å². The van der Waals surface area contributed by atoms with Crippen LogP contribution >= 0.6 is 0 Å². The van der Waals surface area contributed by atoms with Gasteiger partial charge in [-0.2, -0.15) is 5.26 Å². The van der Waals surface area contributed by atoms with Crippen molar-refractivity contribution in [3.05, 3.63) is 30.1 Å². The first kappa shape index (κ1) is 14.7. The Hall–Kier alpha value is -2.19. The SMILES string of the molecule is CN(C)[C@H]1CC[C@H](Nc2ncnc3ccc(C#N)cc23)CC1. The lowest BCUT2D eigenvalue weighted by atomic mass is 9.90. The fourth-order valence-electron chi connectivity index (χ4n) is 3.17. The third-order valence-electron chi connectivity index (χ3n) is 4.53. The van der Waals surface area contributed by atoms with Gasteiger partial charge in [0, 0.05) is 17.5 Å². The lowest BCUT2D eigenvalue weighted by Crippen LogP contribution is -2.36. The van der Waals surface area contributed by atoms with Crippen molar-refractivity contribution in [3.8, 4) is 6.07 Å². The van der Waals surface area contributed by atoms with Gasteiger partial charge < -0.3 is 10.2 Å². The molecule has 2 aromatic rings. The van der Waals surface area contributed by atoms with E-state index in [1.54, 1.807) is 12.4 Å². The van der Waals surface area contributed by atoms with E-state index in [0.717, 1.165) is 29.6 Å². The number of nitriles is 1. The molecule has 1 saturated carbocycles. The molecule has 1 aliphatic rings. The first-order valence-electron chi connectivity index (χ1n) is 7.75. The van der Waals surface area contributed by atoms with E-state index in [1.807, 2.05) is 12.1 Å². The van der Waals surface area contributed by atoms with Crippen LogP contribution in [0.4, 0.5) is 5.82 Å². The van der Waals surface area contributed by atoms with Gasteiger partial charge in [0.2, 0.25) is 0 Å². The zero-order valence-corrected chi connectivity index (χ0v) is 13.1. The Kier molecular flexibility index (Phi) is 4.21. The predicted molar refractivity (Wildman–Crippen MR) is 87.6 cm³/mol. The number of anilines is 1. The Morgan fingerprint density at radius 3 is 2.64 bits per heavy atom. The van der Waals surface area contributed by atoms with E-state index in [0.29, 0.717) is 17.6 Å². The van der Waals surface area contributed by atoms with Gasteiger partial charge in [0.1, 0.15) is 12.1 Å². The molecule has 3 rings (SSSR count). The molecule has 1 heterocycles. The molecular weight excluding hydrogens is 274 g/mol. The number of rotatable bonds is 3. The fourth-order valence-corrected chi connectivity index (χ4v) is 3.17. The molecule has 0 saturated heterocycles. The van der Waals surface area contributed by atoms with Crippen molar-refractivity contribution in [2.24, 2.45) is 0 Å². The highest BCUT2D eigenvalue weighted by Gasteiger charge is 2.23.